The summed E-state index contributed by atoms with van der Waals surface area (Å²) in [6.07, 6.45) is 8.50. The first-order valence-corrected chi connectivity index (χ1v) is 9.16. The molecule has 0 spiro atoms. The number of benzene rings is 2. The lowest BCUT2D eigenvalue weighted by atomic mass is 10.0. The van der Waals surface area contributed by atoms with Gasteiger partial charge >= 0.3 is 0 Å². The van der Waals surface area contributed by atoms with Gasteiger partial charge < -0.3 is 0 Å². The van der Waals surface area contributed by atoms with Crippen LogP contribution in [0.5, 0.6) is 0 Å². The first-order valence-electron chi connectivity index (χ1n) is 8.78. The molecule has 134 valence electrons. The molecule has 4 heteroatoms. The number of halogens is 1. The second-order valence-electron chi connectivity index (χ2n) is 5.86. The Bertz CT molecular complexity index is 974. The molecule has 0 aliphatic heterocycles. The fraction of sp³-hybridized carbons (Fsp3) is 0.0870. The molecule has 0 bridgehead atoms. The molecular weight excluding hydrogens is 354 g/mol. The van der Waals surface area contributed by atoms with Crippen molar-refractivity contribution in [1.82, 2.24) is 15.0 Å². The molecule has 0 saturated heterocycles. The predicted octanol–water partition coefficient (Wildman–Crippen LogP) is 6.39. The van der Waals surface area contributed by atoms with Crippen LogP contribution in [0, 0.1) is 0 Å². The molecule has 3 aromatic rings. The largest absolute Gasteiger partial charge is 0.226 e. The summed E-state index contributed by atoms with van der Waals surface area (Å²) < 4.78 is 0. The van der Waals surface area contributed by atoms with E-state index in [1.165, 1.54) is 5.56 Å². The summed E-state index contributed by atoms with van der Waals surface area (Å²) in [4.78, 5) is 13.2. The summed E-state index contributed by atoms with van der Waals surface area (Å²) in [5.74, 6) is 1.08. The first-order chi connectivity index (χ1) is 13.2. The molecule has 0 aliphatic carbocycles. The third-order valence-corrected chi connectivity index (χ3v) is 4.12. The summed E-state index contributed by atoms with van der Waals surface area (Å²) in [5.41, 5.74) is 4.04. The number of nitrogens with zero attached hydrogens (tertiary/aromatic N) is 3. The van der Waals surface area contributed by atoms with Crippen LogP contribution in [0.15, 0.2) is 85.5 Å². The third-order valence-electron chi connectivity index (χ3n) is 3.95. The SMILES string of the molecule is C=C/C=C(\C=C/CC)c1nc(Cl)nc(-c2ccc(-c3ccccc3)cc2)n1. The van der Waals surface area contributed by atoms with E-state index in [1.54, 1.807) is 6.08 Å². The van der Waals surface area contributed by atoms with Crippen molar-refractivity contribution in [3.63, 3.8) is 0 Å². The Labute approximate surface area is 164 Å². The molecule has 0 atom stereocenters. The van der Waals surface area contributed by atoms with Crippen molar-refractivity contribution in [2.45, 2.75) is 13.3 Å². The van der Waals surface area contributed by atoms with Crippen LogP contribution in [0.25, 0.3) is 28.1 Å². The van der Waals surface area contributed by atoms with Gasteiger partial charge in [0.15, 0.2) is 11.6 Å². The molecule has 3 nitrogen and oxygen atoms in total. The highest BCUT2D eigenvalue weighted by molar-refractivity contribution is 6.28. The Hall–Kier alpha value is -3.04. The standard InChI is InChI=1S/C23H20ClN3/c1-3-5-10-19(9-4-2)21-25-22(27-23(24)26-21)20-15-13-18(14-16-20)17-11-7-6-8-12-17/h4-16H,2-3H2,1H3/b10-5-,19-9+. The van der Waals surface area contributed by atoms with Gasteiger partial charge in [0.25, 0.3) is 0 Å². The normalized spacial score (nSPS) is 11.7. The average molecular weight is 374 g/mol. The van der Waals surface area contributed by atoms with Crippen molar-refractivity contribution in [3.05, 3.63) is 96.6 Å². The van der Waals surface area contributed by atoms with Crippen LogP contribution in [0.3, 0.4) is 0 Å². The van der Waals surface area contributed by atoms with Crippen LogP contribution in [0.1, 0.15) is 19.2 Å². The predicted molar refractivity (Wildman–Crippen MR) is 113 cm³/mol. The van der Waals surface area contributed by atoms with Gasteiger partial charge in [0.1, 0.15) is 0 Å². The minimum Gasteiger partial charge on any atom is -0.208 e. The first kappa shape index (κ1) is 18.7. The lowest BCUT2D eigenvalue weighted by Crippen LogP contribution is -1.99. The number of allylic oxidation sites excluding steroid dienone is 5. The molecule has 0 aliphatic rings. The van der Waals surface area contributed by atoms with Crippen molar-refractivity contribution in [2.75, 3.05) is 0 Å². The highest BCUT2D eigenvalue weighted by Gasteiger charge is 2.10. The van der Waals surface area contributed by atoms with Crippen molar-refractivity contribution < 1.29 is 0 Å². The monoisotopic (exact) mass is 373 g/mol. The molecule has 0 amide bonds. The molecule has 0 unspecified atom stereocenters. The summed E-state index contributed by atoms with van der Waals surface area (Å²) >= 11 is 6.17. The number of hydrogen-bond acceptors (Lipinski definition) is 3. The fourth-order valence-corrected chi connectivity index (χ4v) is 2.79. The van der Waals surface area contributed by atoms with Gasteiger partial charge in [0.05, 0.1) is 0 Å². The van der Waals surface area contributed by atoms with Gasteiger partial charge in [0, 0.05) is 11.1 Å². The van der Waals surface area contributed by atoms with Crippen molar-refractivity contribution in [3.8, 4) is 22.5 Å². The molecule has 0 radical (unpaired) electrons. The lowest BCUT2D eigenvalue weighted by molar-refractivity contribution is 1.03. The van der Waals surface area contributed by atoms with E-state index >= 15 is 0 Å². The summed E-state index contributed by atoms with van der Waals surface area (Å²) in [5, 5.41) is 0.169. The zero-order valence-corrected chi connectivity index (χ0v) is 15.9. The molecule has 3 rings (SSSR count). The van der Waals surface area contributed by atoms with E-state index in [4.69, 9.17) is 11.6 Å². The van der Waals surface area contributed by atoms with Crippen LogP contribution < -0.4 is 0 Å². The summed E-state index contributed by atoms with van der Waals surface area (Å²) in [6.45, 7) is 5.83. The lowest BCUT2D eigenvalue weighted by Gasteiger charge is -2.07. The Morgan fingerprint density at radius 2 is 1.59 bits per heavy atom. The maximum Gasteiger partial charge on any atom is 0.226 e. The van der Waals surface area contributed by atoms with E-state index in [0.717, 1.165) is 23.1 Å². The van der Waals surface area contributed by atoms with E-state index in [-0.39, 0.29) is 5.28 Å². The van der Waals surface area contributed by atoms with E-state index in [2.05, 4.69) is 52.7 Å². The molecular formula is C23H20ClN3. The van der Waals surface area contributed by atoms with Crippen LogP contribution in [-0.2, 0) is 0 Å². The summed E-state index contributed by atoms with van der Waals surface area (Å²) in [7, 11) is 0. The molecule has 0 saturated carbocycles. The highest BCUT2D eigenvalue weighted by atomic mass is 35.5. The van der Waals surface area contributed by atoms with E-state index in [1.807, 2.05) is 48.6 Å². The van der Waals surface area contributed by atoms with Gasteiger partial charge in [-0.15, -0.1) is 0 Å². The van der Waals surface area contributed by atoms with Gasteiger partial charge in [-0.05, 0) is 29.1 Å². The third kappa shape index (κ3) is 4.78. The Morgan fingerprint density at radius 3 is 2.26 bits per heavy atom. The van der Waals surface area contributed by atoms with Crippen LogP contribution in [0.2, 0.25) is 5.28 Å². The van der Waals surface area contributed by atoms with E-state index in [9.17, 15) is 0 Å². The van der Waals surface area contributed by atoms with Gasteiger partial charge in [-0.1, -0.05) is 92.4 Å². The second kappa shape index (κ2) is 9.06. The smallest absolute Gasteiger partial charge is 0.208 e. The van der Waals surface area contributed by atoms with Crippen LogP contribution >= 0.6 is 11.6 Å². The zero-order valence-electron chi connectivity index (χ0n) is 15.1. The van der Waals surface area contributed by atoms with Crippen molar-refractivity contribution in [1.29, 1.82) is 0 Å². The minimum atomic E-state index is 0.169. The number of hydrogen-bond donors (Lipinski definition) is 0. The topological polar surface area (TPSA) is 38.7 Å². The van der Waals surface area contributed by atoms with Gasteiger partial charge in [-0.3, -0.25) is 0 Å². The molecule has 0 N–H and O–H groups in total. The molecule has 1 heterocycles. The maximum atomic E-state index is 6.17. The highest BCUT2D eigenvalue weighted by Crippen LogP contribution is 2.24. The number of rotatable bonds is 6. The van der Waals surface area contributed by atoms with Crippen molar-refractivity contribution >= 4 is 17.2 Å². The van der Waals surface area contributed by atoms with E-state index in [0.29, 0.717) is 11.6 Å². The second-order valence-corrected chi connectivity index (χ2v) is 6.20. The zero-order chi connectivity index (χ0) is 19.1. The van der Waals surface area contributed by atoms with Gasteiger partial charge in [0.2, 0.25) is 5.28 Å². The van der Waals surface area contributed by atoms with Gasteiger partial charge in [-0.25, -0.2) is 4.98 Å². The Balaban J connectivity index is 1.97. The maximum absolute atomic E-state index is 6.17. The summed E-state index contributed by atoms with van der Waals surface area (Å²) in [6, 6.07) is 18.3. The van der Waals surface area contributed by atoms with Crippen LogP contribution in [-0.4, -0.2) is 15.0 Å². The Morgan fingerprint density at radius 1 is 0.926 bits per heavy atom. The molecule has 1 aromatic heterocycles. The molecule has 0 fully saturated rings. The number of aromatic nitrogens is 3. The van der Waals surface area contributed by atoms with Gasteiger partial charge in [-0.2, -0.15) is 9.97 Å². The molecule has 2 aromatic carbocycles. The molecule has 27 heavy (non-hydrogen) atoms. The van der Waals surface area contributed by atoms with Crippen LogP contribution in [0.4, 0.5) is 0 Å². The Kier molecular flexibility index (Phi) is 6.29. The minimum absolute atomic E-state index is 0.169. The average Bonchev–Trinajstić information content (AvgIpc) is 2.71. The fourth-order valence-electron chi connectivity index (χ4n) is 2.63. The quantitative estimate of drug-likeness (QED) is 0.469. The van der Waals surface area contributed by atoms with Crippen molar-refractivity contribution in [2.24, 2.45) is 0 Å². The van der Waals surface area contributed by atoms with E-state index < -0.39 is 0 Å².